The van der Waals surface area contributed by atoms with Gasteiger partial charge in [-0.15, -0.1) is 0 Å². The summed E-state index contributed by atoms with van der Waals surface area (Å²) in [6, 6.07) is 6.84. The van der Waals surface area contributed by atoms with Crippen molar-refractivity contribution in [2.24, 2.45) is 0 Å². The van der Waals surface area contributed by atoms with Crippen molar-refractivity contribution in [2.45, 2.75) is 18.4 Å². The first-order valence-corrected chi connectivity index (χ1v) is 7.66. The Morgan fingerprint density at radius 2 is 2.05 bits per heavy atom. The molecule has 1 heterocycles. The lowest BCUT2D eigenvalue weighted by Crippen LogP contribution is -2.23. The molecule has 0 saturated heterocycles. The van der Waals surface area contributed by atoms with Crippen LogP contribution < -0.4 is 4.72 Å². The summed E-state index contributed by atoms with van der Waals surface area (Å²) in [5, 5.41) is 0. The highest BCUT2D eigenvalue weighted by molar-refractivity contribution is 9.10. The lowest BCUT2D eigenvalue weighted by molar-refractivity contribution is 0.475. The van der Waals surface area contributed by atoms with E-state index in [0.717, 1.165) is 12.1 Å². The van der Waals surface area contributed by atoms with Gasteiger partial charge in [0.15, 0.2) is 0 Å². The van der Waals surface area contributed by atoms with Gasteiger partial charge in [0.1, 0.15) is 17.3 Å². The van der Waals surface area contributed by atoms with Crippen molar-refractivity contribution in [3.8, 4) is 0 Å². The van der Waals surface area contributed by atoms with Crippen molar-refractivity contribution in [2.75, 3.05) is 0 Å². The highest BCUT2D eigenvalue weighted by Crippen LogP contribution is 2.22. The molecule has 102 valence electrons. The molecule has 0 aliphatic heterocycles. The van der Waals surface area contributed by atoms with E-state index >= 15 is 0 Å². The normalized spacial score (nSPS) is 11.7. The fourth-order valence-corrected chi connectivity index (χ4v) is 3.56. The van der Waals surface area contributed by atoms with Gasteiger partial charge in [-0.2, -0.15) is 0 Å². The minimum Gasteiger partial charge on any atom is -0.465 e. The lowest BCUT2D eigenvalue weighted by Gasteiger charge is -2.07. The number of aryl methyl sites for hydroxylation is 1. The molecular formula is C12H11BrFNO3S. The Hall–Kier alpha value is -1.18. The standard InChI is InChI=1S/C12H11BrFNO3S/c1-8-2-4-10(18-8)7-15-19(16,17)12-5-3-9(14)6-11(12)13/h2-6,15H,7H2,1H3. The smallest absolute Gasteiger partial charge is 0.242 e. The van der Waals surface area contributed by atoms with E-state index in [9.17, 15) is 12.8 Å². The van der Waals surface area contributed by atoms with Crippen LogP contribution in [0.1, 0.15) is 11.5 Å². The average Bonchev–Trinajstić information content (AvgIpc) is 2.72. The average molecular weight is 348 g/mol. The van der Waals surface area contributed by atoms with Crippen LogP contribution in [0.5, 0.6) is 0 Å². The third kappa shape index (κ3) is 3.43. The summed E-state index contributed by atoms with van der Waals surface area (Å²) in [4.78, 5) is -0.0165. The van der Waals surface area contributed by atoms with Crippen molar-refractivity contribution < 1.29 is 17.2 Å². The van der Waals surface area contributed by atoms with E-state index < -0.39 is 15.8 Å². The second kappa shape index (κ2) is 5.44. The molecule has 7 heteroatoms. The molecule has 0 unspecified atom stereocenters. The van der Waals surface area contributed by atoms with Crippen molar-refractivity contribution >= 4 is 26.0 Å². The molecule has 19 heavy (non-hydrogen) atoms. The van der Waals surface area contributed by atoms with E-state index in [-0.39, 0.29) is 15.9 Å². The first kappa shape index (κ1) is 14.2. The number of hydrogen-bond acceptors (Lipinski definition) is 3. The highest BCUT2D eigenvalue weighted by Gasteiger charge is 2.18. The molecule has 0 amide bonds. The number of halogens is 2. The van der Waals surface area contributed by atoms with Crippen LogP contribution in [0.2, 0.25) is 0 Å². The molecule has 2 aromatic rings. The summed E-state index contributed by atoms with van der Waals surface area (Å²) in [6.45, 7) is 1.81. The third-order valence-corrected chi connectivity index (χ3v) is 4.79. The number of furan rings is 1. The zero-order valence-corrected chi connectivity index (χ0v) is 12.4. The van der Waals surface area contributed by atoms with Gasteiger partial charge in [0, 0.05) is 4.47 Å². The SMILES string of the molecule is Cc1ccc(CNS(=O)(=O)c2ccc(F)cc2Br)o1. The molecule has 1 N–H and O–H groups in total. The summed E-state index contributed by atoms with van der Waals surface area (Å²) >= 11 is 3.03. The number of rotatable bonds is 4. The van der Waals surface area contributed by atoms with Gasteiger partial charge in [-0.3, -0.25) is 0 Å². The minimum atomic E-state index is -3.72. The molecule has 0 bridgehead atoms. The van der Waals surface area contributed by atoms with Gasteiger partial charge in [-0.05, 0) is 53.2 Å². The number of hydrogen-bond donors (Lipinski definition) is 1. The van der Waals surface area contributed by atoms with E-state index in [1.807, 2.05) is 0 Å². The van der Waals surface area contributed by atoms with E-state index in [4.69, 9.17) is 4.42 Å². The zero-order chi connectivity index (χ0) is 14.0. The van der Waals surface area contributed by atoms with E-state index in [0.29, 0.717) is 11.5 Å². The Kier molecular flexibility index (Phi) is 4.07. The number of nitrogens with one attached hydrogen (secondary N) is 1. The minimum absolute atomic E-state index is 0.0165. The van der Waals surface area contributed by atoms with Gasteiger partial charge in [-0.25, -0.2) is 17.5 Å². The molecule has 0 fully saturated rings. The van der Waals surface area contributed by atoms with E-state index in [1.54, 1.807) is 19.1 Å². The van der Waals surface area contributed by atoms with Crippen molar-refractivity contribution in [3.05, 3.63) is 52.1 Å². The van der Waals surface area contributed by atoms with Crippen molar-refractivity contribution in [1.82, 2.24) is 4.72 Å². The maximum absolute atomic E-state index is 12.9. The molecule has 4 nitrogen and oxygen atoms in total. The first-order chi connectivity index (χ1) is 8.88. The highest BCUT2D eigenvalue weighted by atomic mass is 79.9. The maximum Gasteiger partial charge on any atom is 0.242 e. The number of benzene rings is 1. The fourth-order valence-electron chi connectivity index (χ4n) is 1.52. The number of sulfonamides is 1. The Morgan fingerprint density at radius 3 is 2.63 bits per heavy atom. The van der Waals surface area contributed by atoms with Crippen molar-refractivity contribution in [1.29, 1.82) is 0 Å². The molecule has 0 atom stereocenters. The van der Waals surface area contributed by atoms with Crippen LogP contribution in [-0.4, -0.2) is 8.42 Å². The van der Waals surface area contributed by atoms with Gasteiger partial charge in [0.2, 0.25) is 10.0 Å². The molecule has 2 rings (SSSR count). The van der Waals surface area contributed by atoms with Gasteiger partial charge in [0.05, 0.1) is 11.4 Å². The second-order valence-electron chi connectivity index (χ2n) is 3.91. The first-order valence-electron chi connectivity index (χ1n) is 5.38. The molecule has 0 aliphatic carbocycles. The van der Waals surface area contributed by atoms with Gasteiger partial charge in [-0.1, -0.05) is 0 Å². The van der Waals surface area contributed by atoms with Crippen LogP contribution in [0.3, 0.4) is 0 Å². The largest absolute Gasteiger partial charge is 0.465 e. The summed E-state index contributed by atoms with van der Waals surface area (Å²) in [5.74, 6) is 0.712. The van der Waals surface area contributed by atoms with Crippen molar-refractivity contribution in [3.63, 3.8) is 0 Å². The van der Waals surface area contributed by atoms with Crippen LogP contribution in [0.4, 0.5) is 4.39 Å². The predicted octanol–water partition coefficient (Wildman–Crippen LogP) is 2.97. The van der Waals surface area contributed by atoms with Gasteiger partial charge < -0.3 is 4.42 Å². The monoisotopic (exact) mass is 347 g/mol. The Morgan fingerprint density at radius 1 is 1.32 bits per heavy atom. The van der Waals surface area contributed by atoms with Crippen LogP contribution in [0.25, 0.3) is 0 Å². The third-order valence-electron chi connectivity index (χ3n) is 2.42. The lowest BCUT2D eigenvalue weighted by atomic mass is 10.3. The fraction of sp³-hybridized carbons (Fsp3) is 0.167. The quantitative estimate of drug-likeness (QED) is 0.924. The Balaban J connectivity index is 2.18. The second-order valence-corrected chi connectivity index (χ2v) is 6.50. The molecule has 0 spiro atoms. The molecule has 0 saturated carbocycles. The Labute approximate surface area is 118 Å². The molecule has 0 aliphatic rings. The van der Waals surface area contributed by atoms with Gasteiger partial charge >= 0.3 is 0 Å². The van der Waals surface area contributed by atoms with Crippen LogP contribution >= 0.6 is 15.9 Å². The van der Waals surface area contributed by atoms with E-state index in [1.165, 1.54) is 6.07 Å². The summed E-state index contributed by atoms with van der Waals surface area (Å²) in [5.41, 5.74) is 0. The summed E-state index contributed by atoms with van der Waals surface area (Å²) in [7, 11) is -3.72. The molecule has 1 aromatic heterocycles. The van der Waals surface area contributed by atoms with Crippen LogP contribution in [-0.2, 0) is 16.6 Å². The van der Waals surface area contributed by atoms with Crippen LogP contribution in [0, 0.1) is 12.7 Å². The predicted molar refractivity (Wildman–Crippen MR) is 71.6 cm³/mol. The van der Waals surface area contributed by atoms with Crippen LogP contribution in [0.15, 0.2) is 44.1 Å². The Bertz CT molecular complexity index is 697. The zero-order valence-electron chi connectivity index (χ0n) is 9.98. The van der Waals surface area contributed by atoms with E-state index in [2.05, 4.69) is 20.7 Å². The summed E-state index contributed by atoms with van der Waals surface area (Å²) < 4.78 is 44.8. The van der Waals surface area contributed by atoms with Gasteiger partial charge in [0.25, 0.3) is 0 Å². The summed E-state index contributed by atoms with van der Waals surface area (Å²) in [6.07, 6.45) is 0. The molecular weight excluding hydrogens is 337 g/mol. The maximum atomic E-state index is 12.9. The molecule has 0 radical (unpaired) electrons. The topological polar surface area (TPSA) is 59.3 Å². The molecule has 1 aromatic carbocycles.